The highest BCUT2D eigenvalue weighted by Crippen LogP contribution is 2.38. The quantitative estimate of drug-likeness (QED) is 0.0975. The molecular weight excluding hydrogens is 633 g/mol. The molecule has 1 amide bonds. The molecular formula is C44H64N4OS+2. The van der Waals surface area contributed by atoms with Gasteiger partial charge in [-0.3, -0.25) is 0 Å². The molecule has 1 aliphatic rings. The number of nitrogens with zero attached hydrogens (tertiary/aromatic N) is 4. The van der Waals surface area contributed by atoms with Crippen molar-refractivity contribution in [2.45, 2.75) is 67.7 Å². The first-order valence-corrected chi connectivity index (χ1v) is 19.6. The molecule has 50 heavy (non-hydrogen) atoms. The number of rotatable bonds is 15. The van der Waals surface area contributed by atoms with Crippen LogP contribution in [-0.2, 0) is 4.79 Å². The average molecular weight is 697 g/mol. The van der Waals surface area contributed by atoms with Gasteiger partial charge in [-0.15, -0.1) is 0 Å². The number of hydrogen-bond acceptors (Lipinski definition) is 4. The van der Waals surface area contributed by atoms with E-state index in [1.165, 1.54) is 40.1 Å². The summed E-state index contributed by atoms with van der Waals surface area (Å²) in [6, 6.07) is 26.6. The zero-order chi connectivity index (χ0) is 36.7. The first-order valence-electron chi connectivity index (χ1n) is 19.0. The van der Waals surface area contributed by atoms with Gasteiger partial charge in [0.05, 0.1) is 39.2 Å². The van der Waals surface area contributed by atoms with E-state index in [0.717, 1.165) is 72.8 Å². The van der Waals surface area contributed by atoms with Crippen molar-refractivity contribution in [1.29, 1.82) is 0 Å². The van der Waals surface area contributed by atoms with Crippen LogP contribution < -0.4 is 9.80 Å². The summed E-state index contributed by atoms with van der Waals surface area (Å²) in [6.07, 6.45) is 7.03. The Balaban J connectivity index is 0.00000217. The number of amides is 1. The van der Waals surface area contributed by atoms with E-state index in [-0.39, 0.29) is 5.91 Å². The first-order chi connectivity index (χ1) is 24.1. The Bertz CT molecular complexity index is 1540. The van der Waals surface area contributed by atoms with Crippen LogP contribution in [0.2, 0.25) is 0 Å². The van der Waals surface area contributed by atoms with E-state index in [0.29, 0.717) is 13.0 Å². The predicted octanol–water partition coefficient (Wildman–Crippen LogP) is 9.46. The molecule has 0 fully saturated rings. The molecule has 0 bridgehead atoms. The van der Waals surface area contributed by atoms with Crippen LogP contribution >= 0.6 is 12.6 Å². The van der Waals surface area contributed by atoms with Crippen LogP contribution in [0.4, 0.5) is 11.4 Å². The summed E-state index contributed by atoms with van der Waals surface area (Å²) in [6.45, 7) is 21.6. The maximum Gasteiger partial charge on any atom is 0.387 e. The van der Waals surface area contributed by atoms with E-state index >= 15 is 0 Å². The smallest absolute Gasteiger partial charge is 0.372 e. The predicted molar refractivity (Wildman–Crippen MR) is 222 cm³/mol. The van der Waals surface area contributed by atoms with Gasteiger partial charge in [-0.2, -0.15) is 17.2 Å². The molecule has 0 N–H and O–H groups in total. The molecule has 0 spiro atoms. The number of fused-ring (bicyclic) bond motifs is 1. The normalized spacial score (nSPS) is 13.3. The van der Waals surface area contributed by atoms with Crippen LogP contribution in [-0.4, -0.2) is 86.3 Å². The topological polar surface area (TPSA) is 26.6 Å². The van der Waals surface area contributed by atoms with Gasteiger partial charge in [0.15, 0.2) is 0 Å². The van der Waals surface area contributed by atoms with Gasteiger partial charge in [-0.05, 0) is 98.9 Å². The zero-order valence-corrected chi connectivity index (χ0v) is 33.4. The number of carbonyl (C=O) groups excluding carboxylic acids is 1. The molecule has 5 nitrogen and oxygen atoms in total. The van der Waals surface area contributed by atoms with Gasteiger partial charge >= 0.3 is 5.91 Å². The molecule has 6 heteroatoms. The van der Waals surface area contributed by atoms with Gasteiger partial charge < -0.3 is 14.3 Å². The molecule has 0 aromatic heterocycles. The van der Waals surface area contributed by atoms with Crippen LogP contribution in [0.5, 0.6) is 0 Å². The van der Waals surface area contributed by atoms with Crippen LogP contribution in [0, 0.1) is 0 Å². The summed E-state index contributed by atoms with van der Waals surface area (Å²) < 4.78 is 2.85. The molecule has 0 unspecified atom stereocenters. The van der Waals surface area contributed by atoms with Gasteiger partial charge in [-0.1, -0.05) is 62.7 Å². The van der Waals surface area contributed by atoms with Crippen molar-refractivity contribution in [3.63, 3.8) is 0 Å². The number of thiol groups is 1. The second-order valence-electron chi connectivity index (χ2n) is 13.5. The summed E-state index contributed by atoms with van der Waals surface area (Å²) >= 11 is 4.42. The third kappa shape index (κ3) is 10.5. The number of allylic oxidation sites excluding steroid dienone is 3. The lowest BCUT2D eigenvalue weighted by Gasteiger charge is -2.28. The average Bonchev–Trinajstić information content (AvgIpc) is 3.12. The molecule has 0 atom stereocenters. The summed E-state index contributed by atoms with van der Waals surface area (Å²) in [7, 11) is 4.43. The van der Waals surface area contributed by atoms with Gasteiger partial charge in [0.1, 0.15) is 6.54 Å². The van der Waals surface area contributed by atoms with Gasteiger partial charge in [0.2, 0.25) is 5.71 Å². The minimum absolute atomic E-state index is 0.180. The van der Waals surface area contributed by atoms with Gasteiger partial charge in [0.25, 0.3) is 0 Å². The van der Waals surface area contributed by atoms with Crippen molar-refractivity contribution >= 4 is 46.8 Å². The standard InChI is InChI=1S/C41H55N4OS.C3H8/c1-8-42(9-2)34-23-19-32(20-24-34)41(33-21-25-35(26-22-33)43(10-3)11-4)38-27-28-39(37-17-14-13-16-36(37)38)44(12-5)40(46)18-15-29-45(6,7)30-31-47;1-3-2/h13-14,16-17,19-28H,8-12,15,18,29-31H2,1-7H3;3H2,1-2H3/q+1;/p+1. The second kappa shape index (κ2) is 20.3. The van der Waals surface area contributed by atoms with Crippen LogP contribution in [0.3, 0.4) is 0 Å². The highest BCUT2D eigenvalue weighted by Gasteiger charge is 2.29. The molecule has 0 saturated heterocycles. The lowest BCUT2D eigenvalue weighted by atomic mass is 9.83. The lowest BCUT2D eigenvalue weighted by Crippen LogP contribution is -2.42. The second-order valence-corrected chi connectivity index (χ2v) is 14.0. The summed E-state index contributed by atoms with van der Waals surface area (Å²) in [5, 5.41) is 0. The van der Waals surface area contributed by atoms with Crippen molar-refractivity contribution in [2.24, 2.45) is 0 Å². The third-order valence-corrected chi connectivity index (χ3v) is 9.71. The van der Waals surface area contributed by atoms with Crippen molar-refractivity contribution in [3.8, 4) is 0 Å². The van der Waals surface area contributed by atoms with Crippen LogP contribution in [0.15, 0.2) is 84.9 Å². The number of quaternary nitrogens is 1. The summed E-state index contributed by atoms with van der Waals surface area (Å²) in [4.78, 5) is 18.4. The van der Waals surface area contributed by atoms with E-state index in [4.69, 9.17) is 0 Å². The molecule has 0 radical (unpaired) electrons. The monoisotopic (exact) mass is 696 g/mol. The number of anilines is 2. The highest BCUT2D eigenvalue weighted by atomic mass is 32.1. The third-order valence-electron chi connectivity index (χ3n) is 9.51. The number of hydrogen-bond donors (Lipinski definition) is 1. The van der Waals surface area contributed by atoms with E-state index in [1.807, 2.05) is 4.58 Å². The van der Waals surface area contributed by atoms with Gasteiger partial charge in [-0.25, -0.2) is 4.79 Å². The number of carbonyl (C=O) groups is 1. The fraction of sp³-hybridized carbons (Fsp3) is 0.455. The fourth-order valence-corrected chi connectivity index (χ4v) is 7.27. The maximum atomic E-state index is 13.7. The van der Waals surface area contributed by atoms with E-state index in [1.54, 1.807) is 0 Å². The van der Waals surface area contributed by atoms with Crippen molar-refractivity contribution < 1.29 is 13.9 Å². The summed E-state index contributed by atoms with van der Waals surface area (Å²) in [5.41, 5.74) is 10.4. The Morgan fingerprint density at radius 3 is 1.60 bits per heavy atom. The minimum atomic E-state index is 0.180. The minimum Gasteiger partial charge on any atom is -0.372 e. The Kier molecular flexibility index (Phi) is 16.6. The molecule has 270 valence electrons. The van der Waals surface area contributed by atoms with E-state index in [2.05, 4.69) is 170 Å². The van der Waals surface area contributed by atoms with Crippen molar-refractivity contribution in [3.05, 3.63) is 107 Å². The van der Waals surface area contributed by atoms with E-state index in [9.17, 15) is 4.79 Å². The molecule has 3 aromatic carbocycles. The number of benzene rings is 3. The zero-order valence-electron chi connectivity index (χ0n) is 32.5. The Hall–Kier alpha value is -3.61. The first kappa shape index (κ1) is 40.8. The van der Waals surface area contributed by atoms with Crippen LogP contribution in [0.25, 0.3) is 11.1 Å². The molecule has 0 aliphatic heterocycles. The largest absolute Gasteiger partial charge is 0.387 e. The Labute approximate surface area is 310 Å². The lowest BCUT2D eigenvalue weighted by molar-refractivity contribution is -0.887. The highest BCUT2D eigenvalue weighted by molar-refractivity contribution is 7.80. The summed E-state index contributed by atoms with van der Waals surface area (Å²) in [5.74, 6) is 1.03. The van der Waals surface area contributed by atoms with E-state index < -0.39 is 0 Å². The van der Waals surface area contributed by atoms with Crippen LogP contribution in [0.1, 0.15) is 90.0 Å². The molecule has 4 rings (SSSR count). The molecule has 3 aromatic rings. The van der Waals surface area contributed by atoms with Crippen molar-refractivity contribution in [2.75, 3.05) is 75.5 Å². The molecule has 0 heterocycles. The van der Waals surface area contributed by atoms with Gasteiger partial charge in [0, 0.05) is 55.8 Å². The molecule has 1 aliphatic carbocycles. The molecule has 0 saturated carbocycles. The van der Waals surface area contributed by atoms with Crippen molar-refractivity contribution in [1.82, 2.24) is 0 Å². The SMILES string of the molecule is CCC.CCN(CC)c1ccc(C(=C2C=CC(=[N+](CC)C(=O)CCC[N+](C)(C)CCS)c3ccccc32)c2ccc(N(CC)CC)cc2)cc1. The Morgan fingerprint density at radius 1 is 0.680 bits per heavy atom. The Morgan fingerprint density at radius 2 is 1.16 bits per heavy atom. The maximum absolute atomic E-state index is 13.7. The fourth-order valence-electron chi connectivity index (χ4n) is 6.73.